The van der Waals surface area contributed by atoms with Gasteiger partial charge in [0.05, 0.1) is 12.8 Å². The van der Waals surface area contributed by atoms with Crippen LogP contribution in [0.5, 0.6) is 5.75 Å². The molecule has 1 amide bonds. The molecule has 0 saturated heterocycles. The van der Waals surface area contributed by atoms with Gasteiger partial charge in [0.15, 0.2) is 5.13 Å². The maximum atomic E-state index is 12.1. The number of thiazole rings is 1. The second-order valence-corrected chi connectivity index (χ2v) is 5.44. The van der Waals surface area contributed by atoms with Gasteiger partial charge in [-0.15, -0.1) is 11.3 Å². The molecule has 22 heavy (non-hydrogen) atoms. The third-order valence-corrected chi connectivity index (χ3v) is 3.90. The highest BCUT2D eigenvalue weighted by atomic mass is 32.1. The monoisotopic (exact) mass is 310 g/mol. The predicted molar refractivity (Wildman–Crippen MR) is 88.5 cm³/mol. The average molecular weight is 310 g/mol. The number of rotatable bonds is 4. The number of anilines is 1. The summed E-state index contributed by atoms with van der Waals surface area (Å²) in [5.41, 5.74) is 2.43. The van der Waals surface area contributed by atoms with Crippen molar-refractivity contribution in [2.24, 2.45) is 0 Å². The van der Waals surface area contributed by atoms with Gasteiger partial charge < -0.3 is 4.74 Å². The molecule has 3 aromatic rings. The zero-order valence-corrected chi connectivity index (χ0v) is 12.8. The third kappa shape index (κ3) is 3.15. The number of amides is 1. The Morgan fingerprint density at radius 1 is 1.09 bits per heavy atom. The first-order chi connectivity index (χ1) is 10.8. The third-order valence-electron chi connectivity index (χ3n) is 3.15. The molecule has 0 saturated carbocycles. The molecule has 2 aromatic carbocycles. The van der Waals surface area contributed by atoms with Gasteiger partial charge in [-0.25, -0.2) is 4.98 Å². The molecule has 1 N–H and O–H groups in total. The molecule has 0 unspecified atom stereocenters. The molecule has 0 radical (unpaired) electrons. The van der Waals surface area contributed by atoms with E-state index in [0.29, 0.717) is 10.7 Å². The second kappa shape index (κ2) is 6.41. The fourth-order valence-electron chi connectivity index (χ4n) is 1.98. The van der Waals surface area contributed by atoms with Crippen LogP contribution in [0.15, 0.2) is 60.0 Å². The Hall–Kier alpha value is -2.66. The summed E-state index contributed by atoms with van der Waals surface area (Å²) in [6, 6.07) is 16.7. The van der Waals surface area contributed by atoms with Gasteiger partial charge in [-0.05, 0) is 36.4 Å². The van der Waals surface area contributed by atoms with E-state index in [0.717, 1.165) is 17.0 Å². The minimum atomic E-state index is -0.156. The Labute approximate surface area is 132 Å². The van der Waals surface area contributed by atoms with Crippen molar-refractivity contribution < 1.29 is 9.53 Å². The van der Waals surface area contributed by atoms with Crippen molar-refractivity contribution in [3.63, 3.8) is 0 Å². The van der Waals surface area contributed by atoms with Crippen molar-refractivity contribution in [1.82, 2.24) is 4.98 Å². The lowest BCUT2D eigenvalue weighted by atomic mass is 10.2. The van der Waals surface area contributed by atoms with Gasteiger partial charge in [-0.3, -0.25) is 10.1 Å². The van der Waals surface area contributed by atoms with Crippen LogP contribution < -0.4 is 10.1 Å². The normalized spacial score (nSPS) is 10.2. The van der Waals surface area contributed by atoms with E-state index < -0.39 is 0 Å². The van der Waals surface area contributed by atoms with E-state index in [1.807, 2.05) is 47.8 Å². The van der Waals surface area contributed by atoms with Crippen molar-refractivity contribution in [2.45, 2.75) is 0 Å². The highest BCUT2D eigenvalue weighted by Gasteiger charge is 2.09. The minimum absolute atomic E-state index is 0.156. The molecule has 0 aliphatic rings. The van der Waals surface area contributed by atoms with E-state index in [9.17, 15) is 4.79 Å². The van der Waals surface area contributed by atoms with Crippen molar-refractivity contribution in [2.75, 3.05) is 12.4 Å². The van der Waals surface area contributed by atoms with E-state index in [2.05, 4.69) is 10.3 Å². The molecule has 0 atom stereocenters. The number of carbonyl (C=O) groups is 1. The number of benzene rings is 2. The van der Waals surface area contributed by atoms with E-state index in [1.165, 1.54) is 11.3 Å². The topological polar surface area (TPSA) is 51.2 Å². The second-order valence-electron chi connectivity index (χ2n) is 4.59. The maximum Gasteiger partial charge on any atom is 0.257 e. The van der Waals surface area contributed by atoms with Gasteiger partial charge in [-0.1, -0.05) is 18.2 Å². The lowest BCUT2D eigenvalue weighted by Gasteiger charge is -2.02. The van der Waals surface area contributed by atoms with Crippen LogP contribution in [0.1, 0.15) is 10.4 Å². The zero-order chi connectivity index (χ0) is 15.4. The smallest absolute Gasteiger partial charge is 0.257 e. The van der Waals surface area contributed by atoms with Crippen LogP contribution in [0.25, 0.3) is 11.3 Å². The zero-order valence-electron chi connectivity index (χ0n) is 11.9. The molecule has 110 valence electrons. The molecule has 0 bridgehead atoms. The molecule has 0 aliphatic heterocycles. The number of hydrogen-bond acceptors (Lipinski definition) is 4. The summed E-state index contributed by atoms with van der Waals surface area (Å²) < 4.78 is 5.14. The molecule has 3 rings (SSSR count). The summed E-state index contributed by atoms with van der Waals surface area (Å²) in [6.07, 6.45) is 0. The van der Waals surface area contributed by atoms with Crippen LogP contribution in [0.2, 0.25) is 0 Å². The highest BCUT2D eigenvalue weighted by molar-refractivity contribution is 7.14. The fourth-order valence-corrected chi connectivity index (χ4v) is 2.70. The number of methoxy groups -OCH3 is 1. The van der Waals surface area contributed by atoms with Gasteiger partial charge in [-0.2, -0.15) is 0 Å². The van der Waals surface area contributed by atoms with E-state index in [-0.39, 0.29) is 5.91 Å². The Bertz CT molecular complexity index is 767. The van der Waals surface area contributed by atoms with Gasteiger partial charge in [0.1, 0.15) is 5.75 Å². The van der Waals surface area contributed by atoms with Crippen molar-refractivity contribution in [3.05, 3.63) is 65.5 Å². The summed E-state index contributed by atoms with van der Waals surface area (Å²) in [5.74, 6) is 0.646. The number of nitrogens with one attached hydrogen (secondary N) is 1. The maximum absolute atomic E-state index is 12.1. The number of nitrogens with zero attached hydrogens (tertiary/aromatic N) is 1. The van der Waals surface area contributed by atoms with E-state index >= 15 is 0 Å². The van der Waals surface area contributed by atoms with Gasteiger partial charge in [0.25, 0.3) is 5.91 Å². The van der Waals surface area contributed by atoms with Gasteiger partial charge in [0.2, 0.25) is 0 Å². The molecular weight excluding hydrogens is 296 g/mol. The minimum Gasteiger partial charge on any atom is -0.497 e. The average Bonchev–Trinajstić information content (AvgIpc) is 3.04. The number of hydrogen-bond donors (Lipinski definition) is 1. The number of aromatic nitrogens is 1. The fraction of sp³-hybridized carbons (Fsp3) is 0.0588. The van der Waals surface area contributed by atoms with Crippen LogP contribution in [0.4, 0.5) is 5.13 Å². The van der Waals surface area contributed by atoms with Crippen molar-refractivity contribution in [3.8, 4) is 17.0 Å². The Kier molecular flexibility index (Phi) is 4.16. The molecule has 0 spiro atoms. The number of ether oxygens (including phenoxy) is 1. The first-order valence-electron chi connectivity index (χ1n) is 6.72. The summed E-state index contributed by atoms with van der Waals surface area (Å²) in [7, 11) is 1.63. The molecule has 1 heterocycles. The standard InChI is InChI=1S/C17H14N2O2S/c1-21-14-9-7-12(8-10-14)15-11-22-17(18-15)19-16(20)13-5-3-2-4-6-13/h2-11H,1H3,(H,18,19,20). The Morgan fingerprint density at radius 3 is 2.50 bits per heavy atom. The quantitative estimate of drug-likeness (QED) is 0.790. The van der Waals surface area contributed by atoms with Gasteiger partial charge in [0, 0.05) is 16.5 Å². The van der Waals surface area contributed by atoms with E-state index in [4.69, 9.17) is 4.74 Å². The van der Waals surface area contributed by atoms with Crippen LogP contribution in [-0.2, 0) is 0 Å². The molecule has 0 fully saturated rings. The van der Waals surface area contributed by atoms with Crippen LogP contribution >= 0.6 is 11.3 Å². The molecule has 1 aromatic heterocycles. The first kappa shape index (κ1) is 14.3. The lowest BCUT2D eigenvalue weighted by molar-refractivity contribution is 0.102. The highest BCUT2D eigenvalue weighted by Crippen LogP contribution is 2.26. The van der Waals surface area contributed by atoms with Crippen molar-refractivity contribution in [1.29, 1.82) is 0 Å². The Balaban J connectivity index is 1.74. The van der Waals surface area contributed by atoms with Crippen LogP contribution in [0, 0.1) is 0 Å². The van der Waals surface area contributed by atoms with Crippen LogP contribution in [-0.4, -0.2) is 18.0 Å². The Morgan fingerprint density at radius 2 is 1.82 bits per heavy atom. The summed E-state index contributed by atoms with van der Waals surface area (Å²) in [6.45, 7) is 0. The van der Waals surface area contributed by atoms with Crippen LogP contribution in [0.3, 0.4) is 0 Å². The lowest BCUT2D eigenvalue weighted by Crippen LogP contribution is -2.11. The molecule has 0 aliphatic carbocycles. The number of carbonyl (C=O) groups excluding carboxylic acids is 1. The van der Waals surface area contributed by atoms with Crippen molar-refractivity contribution >= 4 is 22.4 Å². The molecule has 4 nitrogen and oxygen atoms in total. The van der Waals surface area contributed by atoms with E-state index in [1.54, 1.807) is 19.2 Å². The first-order valence-corrected chi connectivity index (χ1v) is 7.60. The van der Waals surface area contributed by atoms with Gasteiger partial charge >= 0.3 is 0 Å². The largest absolute Gasteiger partial charge is 0.497 e. The summed E-state index contributed by atoms with van der Waals surface area (Å²) in [5, 5.41) is 5.32. The predicted octanol–water partition coefficient (Wildman–Crippen LogP) is 4.07. The molecule has 5 heteroatoms. The summed E-state index contributed by atoms with van der Waals surface area (Å²) >= 11 is 1.40. The molecular formula is C17H14N2O2S. The SMILES string of the molecule is COc1ccc(-c2csc(NC(=O)c3ccccc3)n2)cc1. The summed E-state index contributed by atoms with van der Waals surface area (Å²) in [4.78, 5) is 16.5.